The molecule has 0 amide bonds. The van der Waals surface area contributed by atoms with Crippen molar-refractivity contribution in [3.63, 3.8) is 0 Å². The van der Waals surface area contributed by atoms with Gasteiger partial charge in [-0.2, -0.15) is 0 Å². The number of aromatic nitrogens is 9. The van der Waals surface area contributed by atoms with Gasteiger partial charge >= 0.3 is 11.9 Å². The Morgan fingerprint density at radius 2 is 1.24 bits per heavy atom. The van der Waals surface area contributed by atoms with Gasteiger partial charge in [0.15, 0.2) is 36.3 Å². The Labute approximate surface area is 333 Å². The molecule has 4 aliphatic heterocycles. The van der Waals surface area contributed by atoms with E-state index in [1.807, 2.05) is 12.1 Å². The van der Waals surface area contributed by atoms with Gasteiger partial charge in [0.05, 0.1) is 25.1 Å². The molecule has 10 rings (SSSR count). The molecule has 0 aliphatic carbocycles. The quantitative estimate of drug-likeness (QED) is 0.186. The van der Waals surface area contributed by atoms with Crippen molar-refractivity contribution < 1.29 is 56.4 Å². The van der Waals surface area contributed by atoms with E-state index in [0.717, 1.165) is 0 Å². The third kappa shape index (κ3) is 7.40. The van der Waals surface area contributed by atoms with E-state index in [-0.39, 0.29) is 17.6 Å². The molecule has 2 aromatic carbocycles. The van der Waals surface area contributed by atoms with Gasteiger partial charge in [-0.1, -0.05) is 34.0 Å². The second kappa shape index (κ2) is 15.0. The monoisotopic (exact) mass is 852 g/mol. The standard InChI is InChI=1S/C35H38N10O12P2/c1-19(46)52-29-26-15-50-58(3,48)18-59(4,49)51-16-27-30(56-44-23-11-7-5-9-21(23)38-40-44)32(57-45-24-12-8-6-10-22(24)39-41-45)35(55-27)43-17-37-28-25(43)13-14-42(33(28)36)34(54-26)31(29)53-20(2)47/h5-14,17,26-27,29-32,34-36H,15-16,18H2,1-4H3/t26-,27-,29?,30+,31?,32?,34-,35-,58?,59?/m1/s1. The van der Waals surface area contributed by atoms with Gasteiger partial charge in [0.1, 0.15) is 45.7 Å². The highest BCUT2D eigenvalue weighted by atomic mass is 31.2. The number of carbonyl (C=O) groups excluding carboxylic acids is 2. The van der Waals surface area contributed by atoms with E-state index in [9.17, 15) is 24.1 Å². The van der Waals surface area contributed by atoms with Gasteiger partial charge in [-0.3, -0.25) is 28.7 Å². The summed E-state index contributed by atoms with van der Waals surface area (Å²) in [7, 11) is -7.47. The molecule has 22 nitrogen and oxygen atoms in total. The summed E-state index contributed by atoms with van der Waals surface area (Å²) in [6, 6.07) is 16.0. The number of fused-ring (bicyclic) bond motifs is 9. The minimum atomic E-state index is -3.74. The van der Waals surface area contributed by atoms with Gasteiger partial charge in [0.2, 0.25) is 20.8 Å². The second-order valence-corrected chi connectivity index (χ2v) is 20.2. The summed E-state index contributed by atoms with van der Waals surface area (Å²) in [5.41, 5.74) is 2.59. The summed E-state index contributed by atoms with van der Waals surface area (Å²) < 4.78 is 67.3. The molecule has 2 saturated heterocycles. The molecule has 8 heterocycles. The average molecular weight is 853 g/mol. The van der Waals surface area contributed by atoms with Crippen molar-refractivity contribution in [2.45, 2.75) is 62.9 Å². The SMILES string of the molecule is CC(=O)OC1C(OC(C)=O)[C@H]2COP(C)(=O)CP(C)(=O)OC[C@H]3O[C@H](C(On4nnc5ccccc54)[C@H]3On3nnc4ccccc43)n3cnc4c(=N)n(ccc43)[C@@H]1O2. The maximum absolute atomic E-state index is 14.1. The zero-order chi connectivity index (χ0) is 41.2. The summed E-state index contributed by atoms with van der Waals surface area (Å²) in [5, 5.41) is 26.3. The summed E-state index contributed by atoms with van der Waals surface area (Å²) >= 11 is 0. The molecule has 4 aliphatic rings. The van der Waals surface area contributed by atoms with Crippen molar-refractivity contribution in [3.05, 3.63) is 72.6 Å². The lowest BCUT2D eigenvalue weighted by Gasteiger charge is -2.26. The van der Waals surface area contributed by atoms with Crippen LogP contribution in [0.3, 0.4) is 0 Å². The van der Waals surface area contributed by atoms with Gasteiger partial charge in [0, 0.05) is 33.4 Å². The first-order chi connectivity index (χ1) is 28.2. The van der Waals surface area contributed by atoms with Crippen LogP contribution in [0, 0.1) is 5.41 Å². The number of carbonyl (C=O) groups is 2. The molecular formula is C35H38N10O12P2. The van der Waals surface area contributed by atoms with Gasteiger partial charge in [-0.05, 0) is 40.8 Å². The molecule has 2 fully saturated rings. The van der Waals surface area contributed by atoms with Crippen molar-refractivity contribution >= 4 is 59.8 Å². The van der Waals surface area contributed by atoms with Crippen molar-refractivity contribution in [1.82, 2.24) is 44.4 Å². The number of esters is 2. The molecule has 5 unspecified atom stereocenters. The molecule has 6 aromatic rings. The van der Waals surface area contributed by atoms with E-state index < -0.39 is 88.3 Å². The fourth-order valence-corrected chi connectivity index (χ4v) is 12.9. The molecule has 24 heteroatoms. The van der Waals surface area contributed by atoms with Crippen LogP contribution in [0.5, 0.6) is 0 Å². The van der Waals surface area contributed by atoms with Crippen LogP contribution in [0.1, 0.15) is 26.3 Å². The van der Waals surface area contributed by atoms with E-state index in [0.29, 0.717) is 27.6 Å². The largest absolute Gasteiger partial charge is 0.456 e. The van der Waals surface area contributed by atoms with Crippen LogP contribution in [0.2, 0.25) is 0 Å². The Hall–Kier alpha value is -5.50. The van der Waals surface area contributed by atoms with Crippen LogP contribution in [-0.4, -0.2) is 125 Å². The van der Waals surface area contributed by atoms with E-state index >= 15 is 0 Å². The molecule has 0 spiro atoms. The highest BCUT2D eigenvalue weighted by molar-refractivity contribution is 7.75. The van der Waals surface area contributed by atoms with Crippen LogP contribution in [0.25, 0.3) is 33.1 Å². The first-order valence-electron chi connectivity index (χ1n) is 18.4. The lowest BCUT2D eigenvalue weighted by Crippen LogP contribution is -2.47. The van der Waals surface area contributed by atoms with Crippen LogP contribution in [0.4, 0.5) is 0 Å². The molecule has 0 radical (unpaired) electrons. The number of rotatable bonds is 6. The minimum absolute atomic E-state index is 0.166. The summed E-state index contributed by atoms with van der Waals surface area (Å²) in [4.78, 5) is 45.0. The fourth-order valence-electron chi connectivity index (χ4n) is 7.60. The molecule has 1 N–H and O–H groups in total. The van der Waals surface area contributed by atoms with Crippen molar-refractivity contribution in [2.24, 2.45) is 0 Å². The molecule has 10 atom stereocenters. The first kappa shape index (κ1) is 39.0. The number of ether oxygens (including phenoxy) is 4. The lowest BCUT2D eigenvalue weighted by atomic mass is 10.1. The maximum atomic E-state index is 14.1. The van der Waals surface area contributed by atoms with Gasteiger partial charge in [0.25, 0.3) is 0 Å². The smallest absolute Gasteiger partial charge is 0.303 e. The van der Waals surface area contributed by atoms with Crippen LogP contribution in [-0.2, 0) is 46.7 Å². The highest BCUT2D eigenvalue weighted by Gasteiger charge is 2.54. The van der Waals surface area contributed by atoms with E-state index in [1.54, 1.807) is 47.0 Å². The number of imidazole rings is 1. The Balaban J connectivity index is 1.19. The van der Waals surface area contributed by atoms with E-state index in [2.05, 4.69) is 25.6 Å². The third-order valence-corrected chi connectivity index (χ3v) is 15.6. The van der Waals surface area contributed by atoms with Crippen molar-refractivity contribution in [1.29, 1.82) is 5.41 Å². The van der Waals surface area contributed by atoms with E-state index in [4.69, 9.17) is 37.7 Å². The number of benzene rings is 2. The lowest BCUT2D eigenvalue weighted by molar-refractivity contribution is -0.165. The normalized spacial score (nSPS) is 31.1. The van der Waals surface area contributed by atoms with Gasteiger partial charge < -0.3 is 42.2 Å². The van der Waals surface area contributed by atoms with Crippen LogP contribution >= 0.6 is 14.7 Å². The topological polar surface area (TPSA) is 250 Å². The second-order valence-electron chi connectivity index (χ2n) is 14.5. The molecule has 4 aromatic heterocycles. The number of nitrogens with one attached hydrogen (secondary N) is 1. The molecule has 0 saturated carbocycles. The van der Waals surface area contributed by atoms with Crippen molar-refractivity contribution in [3.8, 4) is 0 Å². The van der Waals surface area contributed by atoms with Gasteiger partial charge in [-0.25, -0.2) is 4.98 Å². The number of pyridine rings is 1. The fraction of sp³-hybridized carbons (Fsp3) is 0.429. The molecule has 59 heavy (non-hydrogen) atoms. The Kier molecular flexibility index (Phi) is 9.88. The highest BCUT2D eigenvalue weighted by Crippen LogP contribution is 2.59. The van der Waals surface area contributed by atoms with Gasteiger partial charge in [-0.15, -0.1) is 10.2 Å². The van der Waals surface area contributed by atoms with Crippen LogP contribution < -0.4 is 15.2 Å². The summed E-state index contributed by atoms with van der Waals surface area (Å²) in [6.07, 6.45) is -6.18. The number of para-hydroxylation sites is 2. The molecule has 8 bridgehead atoms. The number of nitrogens with zero attached hydrogens (tertiary/aromatic N) is 9. The first-order valence-corrected chi connectivity index (χ1v) is 22.9. The zero-order valence-electron chi connectivity index (χ0n) is 31.9. The minimum Gasteiger partial charge on any atom is -0.456 e. The molecule has 310 valence electrons. The number of hydrogen-bond donors (Lipinski definition) is 1. The Bertz CT molecular complexity index is 2750. The third-order valence-electron chi connectivity index (χ3n) is 10.1. The molecular weight excluding hydrogens is 814 g/mol. The number of hydrogen-bond acceptors (Lipinski definition) is 18. The van der Waals surface area contributed by atoms with E-state index in [1.165, 1.54) is 54.0 Å². The van der Waals surface area contributed by atoms with Crippen molar-refractivity contribution in [2.75, 3.05) is 32.4 Å². The average Bonchev–Trinajstić information content (AvgIpc) is 4.01. The summed E-state index contributed by atoms with van der Waals surface area (Å²) in [6.45, 7) is 4.23. The summed E-state index contributed by atoms with van der Waals surface area (Å²) in [5.74, 6) is -1.91. The Morgan fingerprint density at radius 3 is 1.83 bits per heavy atom. The zero-order valence-corrected chi connectivity index (χ0v) is 33.7. The maximum Gasteiger partial charge on any atom is 0.303 e. The Morgan fingerprint density at radius 1 is 0.712 bits per heavy atom. The van der Waals surface area contributed by atoms with Crippen LogP contribution in [0.15, 0.2) is 67.1 Å². The predicted octanol–water partition coefficient (Wildman–Crippen LogP) is 2.28. The predicted molar refractivity (Wildman–Crippen MR) is 202 cm³/mol.